The molecular formula is C16H19Cl2N3. The van der Waals surface area contributed by atoms with Crippen LogP contribution < -0.4 is 11.3 Å². The molecule has 21 heavy (non-hydrogen) atoms. The van der Waals surface area contributed by atoms with Crippen LogP contribution in [0.1, 0.15) is 34.0 Å². The molecule has 0 aliphatic carbocycles. The molecular weight excluding hydrogens is 305 g/mol. The standard InChI is InChI=1S/C16H19Cl2N3/c1-9-4-10(2)13(11(3)5-9)7-15(21-19)16-14(18)6-12(17)8-20-16/h4-6,8,15,21H,7,19H2,1-3H3. The number of hydrazine groups is 1. The fourth-order valence-corrected chi connectivity index (χ4v) is 3.16. The third-order valence-electron chi connectivity index (χ3n) is 3.62. The maximum absolute atomic E-state index is 6.23. The van der Waals surface area contributed by atoms with Crippen LogP contribution in [0.3, 0.4) is 0 Å². The maximum atomic E-state index is 6.23. The Kier molecular flexibility index (Phi) is 5.22. The van der Waals surface area contributed by atoms with Gasteiger partial charge in [-0.15, -0.1) is 0 Å². The first-order valence-corrected chi connectivity index (χ1v) is 7.51. The largest absolute Gasteiger partial charge is 0.271 e. The van der Waals surface area contributed by atoms with E-state index in [0.717, 1.165) is 6.42 Å². The monoisotopic (exact) mass is 323 g/mol. The number of nitrogens with zero attached hydrogens (tertiary/aromatic N) is 1. The van der Waals surface area contributed by atoms with Gasteiger partial charge < -0.3 is 0 Å². The van der Waals surface area contributed by atoms with Gasteiger partial charge in [0.2, 0.25) is 0 Å². The third-order valence-corrected chi connectivity index (χ3v) is 4.13. The van der Waals surface area contributed by atoms with Crippen LogP contribution in [0.2, 0.25) is 10.0 Å². The van der Waals surface area contributed by atoms with Crippen LogP contribution in [0.5, 0.6) is 0 Å². The highest BCUT2D eigenvalue weighted by Gasteiger charge is 2.18. The summed E-state index contributed by atoms with van der Waals surface area (Å²) in [4.78, 5) is 4.32. The van der Waals surface area contributed by atoms with Crippen LogP contribution >= 0.6 is 23.2 Å². The predicted octanol–water partition coefficient (Wildman–Crippen LogP) is 4.06. The molecule has 0 aliphatic heterocycles. The Balaban J connectivity index is 2.36. The molecule has 1 atom stereocenters. The second kappa shape index (κ2) is 6.75. The lowest BCUT2D eigenvalue weighted by atomic mass is 9.93. The summed E-state index contributed by atoms with van der Waals surface area (Å²) in [5.74, 6) is 5.71. The second-order valence-corrected chi connectivity index (χ2v) is 6.16. The zero-order valence-electron chi connectivity index (χ0n) is 12.4. The minimum atomic E-state index is -0.158. The molecule has 3 nitrogen and oxygen atoms in total. The lowest BCUT2D eigenvalue weighted by molar-refractivity contribution is 0.536. The van der Waals surface area contributed by atoms with Crippen molar-refractivity contribution < 1.29 is 0 Å². The van der Waals surface area contributed by atoms with Gasteiger partial charge in [-0.1, -0.05) is 40.9 Å². The van der Waals surface area contributed by atoms with Gasteiger partial charge in [0.15, 0.2) is 0 Å². The Morgan fingerprint density at radius 2 is 1.76 bits per heavy atom. The Hall–Kier alpha value is -1.13. The van der Waals surface area contributed by atoms with Crippen LogP contribution in [-0.4, -0.2) is 4.98 Å². The summed E-state index contributed by atoms with van der Waals surface area (Å²) in [6.45, 7) is 6.32. The van der Waals surface area contributed by atoms with Crippen molar-refractivity contribution in [3.05, 3.63) is 62.4 Å². The van der Waals surface area contributed by atoms with Crippen molar-refractivity contribution in [3.63, 3.8) is 0 Å². The van der Waals surface area contributed by atoms with Crippen molar-refractivity contribution in [1.82, 2.24) is 10.4 Å². The Labute approximate surface area is 135 Å². The fraction of sp³-hybridized carbons (Fsp3) is 0.312. The molecule has 112 valence electrons. The van der Waals surface area contributed by atoms with Crippen molar-refractivity contribution in [2.45, 2.75) is 33.2 Å². The Morgan fingerprint density at radius 1 is 1.14 bits per heavy atom. The van der Waals surface area contributed by atoms with Crippen molar-refractivity contribution in [3.8, 4) is 0 Å². The number of nitrogens with one attached hydrogen (secondary N) is 1. The van der Waals surface area contributed by atoms with E-state index in [1.807, 2.05) is 0 Å². The van der Waals surface area contributed by atoms with Gasteiger partial charge in [0.25, 0.3) is 0 Å². The molecule has 1 heterocycles. The first-order chi connectivity index (χ1) is 9.92. The average Bonchev–Trinajstić information content (AvgIpc) is 2.39. The highest BCUT2D eigenvalue weighted by molar-refractivity contribution is 6.34. The van der Waals surface area contributed by atoms with E-state index in [1.54, 1.807) is 12.3 Å². The van der Waals surface area contributed by atoms with Gasteiger partial charge in [0.05, 0.1) is 21.8 Å². The molecule has 1 aromatic heterocycles. The summed E-state index contributed by atoms with van der Waals surface area (Å²) in [5.41, 5.74) is 8.53. The van der Waals surface area contributed by atoms with Gasteiger partial charge in [-0.05, 0) is 49.9 Å². The molecule has 3 N–H and O–H groups in total. The summed E-state index contributed by atoms with van der Waals surface area (Å²) >= 11 is 12.1. The number of aromatic nitrogens is 1. The normalized spacial score (nSPS) is 12.5. The second-order valence-electron chi connectivity index (χ2n) is 5.32. The quantitative estimate of drug-likeness (QED) is 0.659. The molecule has 0 bridgehead atoms. The lowest BCUT2D eigenvalue weighted by Crippen LogP contribution is -2.31. The number of hydrogen-bond donors (Lipinski definition) is 2. The molecule has 2 rings (SSSR count). The van der Waals surface area contributed by atoms with E-state index in [4.69, 9.17) is 29.0 Å². The molecule has 0 saturated carbocycles. The van der Waals surface area contributed by atoms with Gasteiger partial charge in [-0.2, -0.15) is 0 Å². The minimum absolute atomic E-state index is 0.158. The molecule has 5 heteroatoms. The average molecular weight is 324 g/mol. The molecule has 0 amide bonds. The number of halogens is 2. The zero-order valence-corrected chi connectivity index (χ0v) is 13.9. The van der Waals surface area contributed by atoms with Crippen LogP contribution in [0, 0.1) is 20.8 Å². The van der Waals surface area contributed by atoms with E-state index in [-0.39, 0.29) is 6.04 Å². The smallest absolute Gasteiger partial charge is 0.0777 e. The SMILES string of the molecule is Cc1cc(C)c(CC(NN)c2ncc(Cl)cc2Cl)c(C)c1. The van der Waals surface area contributed by atoms with E-state index < -0.39 is 0 Å². The predicted molar refractivity (Wildman–Crippen MR) is 88.7 cm³/mol. The summed E-state index contributed by atoms with van der Waals surface area (Å²) in [7, 11) is 0. The van der Waals surface area contributed by atoms with Gasteiger partial charge in [-0.25, -0.2) is 0 Å². The number of aryl methyl sites for hydroxylation is 3. The molecule has 0 radical (unpaired) electrons. The first kappa shape index (κ1) is 16.2. The van der Waals surface area contributed by atoms with Crippen LogP contribution in [0.4, 0.5) is 0 Å². The number of nitrogens with two attached hydrogens (primary N) is 1. The van der Waals surface area contributed by atoms with Gasteiger partial charge in [0, 0.05) is 6.20 Å². The highest BCUT2D eigenvalue weighted by atomic mass is 35.5. The molecule has 0 saturated heterocycles. The van der Waals surface area contributed by atoms with E-state index in [2.05, 4.69) is 43.3 Å². The van der Waals surface area contributed by atoms with E-state index in [0.29, 0.717) is 15.7 Å². The minimum Gasteiger partial charge on any atom is -0.271 e. The van der Waals surface area contributed by atoms with Crippen molar-refractivity contribution in [2.75, 3.05) is 0 Å². The van der Waals surface area contributed by atoms with Crippen molar-refractivity contribution >= 4 is 23.2 Å². The van der Waals surface area contributed by atoms with Crippen LogP contribution in [0.25, 0.3) is 0 Å². The Morgan fingerprint density at radius 3 is 2.29 bits per heavy atom. The van der Waals surface area contributed by atoms with Gasteiger partial charge in [0.1, 0.15) is 0 Å². The molecule has 2 aromatic rings. The number of pyridine rings is 1. The molecule has 0 spiro atoms. The van der Waals surface area contributed by atoms with Crippen LogP contribution in [0.15, 0.2) is 24.4 Å². The van der Waals surface area contributed by atoms with Crippen LogP contribution in [-0.2, 0) is 6.42 Å². The molecule has 0 aliphatic rings. The van der Waals surface area contributed by atoms with Gasteiger partial charge in [-0.3, -0.25) is 16.3 Å². The molecule has 1 aromatic carbocycles. The zero-order chi connectivity index (χ0) is 15.6. The summed E-state index contributed by atoms with van der Waals surface area (Å²) in [5, 5.41) is 1.04. The summed E-state index contributed by atoms with van der Waals surface area (Å²) in [6.07, 6.45) is 2.31. The number of rotatable bonds is 4. The Bertz CT molecular complexity index is 633. The number of hydrogen-bond acceptors (Lipinski definition) is 3. The van der Waals surface area contributed by atoms with Gasteiger partial charge >= 0.3 is 0 Å². The van der Waals surface area contributed by atoms with Crippen molar-refractivity contribution in [1.29, 1.82) is 0 Å². The highest BCUT2D eigenvalue weighted by Crippen LogP contribution is 2.28. The fourth-order valence-electron chi connectivity index (χ4n) is 2.65. The first-order valence-electron chi connectivity index (χ1n) is 6.76. The van der Waals surface area contributed by atoms with E-state index >= 15 is 0 Å². The molecule has 1 unspecified atom stereocenters. The topological polar surface area (TPSA) is 50.9 Å². The van der Waals surface area contributed by atoms with E-state index in [9.17, 15) is 0 Å². The van der Waals surface area contributed by atoms with E-state index in [1.165, 1.54) is 22.3 Å². The summed E-state index contributed by atoms with van der Waals surface area (Å²) < 4.78 is 0. The maximum Gasteiger partial charge on any atom is 0.0777 e. The summed E-state index contributed by atoms with van der Waals surface area (Å²) in [6, 6.07) is 5.87. The number of benzene rings is 1. The molecule has 0 fully saturated rings. The third kappa shape index (κ3) is 3.74. The lowest BCUT2D eigenvalue weighted by Gasteiger charge is -2.20. The van der Waals surface area contributed by atoms with Crippen molar-refractivity contribution in [2.24, 2.45) is 5.84 Å².